The van der Waals surface area contributed by atoms with Crippen molar-refractivity contribution in [1.29, 1.82) is 0 Å². The van der Waals surface area contributed by atoms with E-state index in [0.717, 1.165) is 12.2 Å². The monoisotopic (exact) mass is 5840 g/mol. The first kappa shape index (κ1) is 243. The second-order valence-electron chi connectivity index (χ2n) is 2.17. The number of para-hydroxylation sites is 1. The molecule has 1 aromatic rings. The second-order valence-corrected chi connectivity index (χ2v) is 2.17. The molecule has 1 nitrogen and oxygen atoms in total. The Morgan fingerprint density at radius 1 is 0.439 bits per heavy atom. The molecule has 0 saturated heterocycles. The SMILES string of the molecule is [CH2-]CN(C)c1[c-]cccc1.[W+2].[W].[W].[W].[W].[W].[W].[W].[W].[W].[W].[W].[W].[W].[W].[W].[W].[W].[W].[W].[W].[W].[W].[W].[W].[W].[W].[W].[W].[W].[W]. The molecule has 32 heteroatoms. The second kappa shape index (κ2) is 203. The van der Waals surface area contributed by atoms with E-state index in [2.05, 4.69) is 13.0 Å². The minimum atomic E-state index is 0. The summed E-state index contributed by atoms with van der Waals surface area (Å²) >= 11 is 0. The first-order valence-electron chi connectivity index (χ1n) is 3.31. The van der Waals surface area contributed by atoms with Crippen LogP contribution in [0.1, 0.15) is 0 Å². The molecule has 0 aliphatic rings. The van der Waals surface area contributed by atoms with Gasteiger partial charge in [0.25, 0.3) is 0 Å². The third-order valence-corrected chi connectivity index (χ3v) is 1.44. The number of anilines is 1. The fourth-order valence-corrected chi connectivity index (χ4v) is 0.742. The van der Waals surface area contributed by atoms with Crippen molar-refractivity contribution < 1.29 is 653 Å². The molecule has 0 saturated carbocycles. The van der Waals surface area contributed by atoms with Crippen LogP contribution in [0.3, 0.4) is 0 Å². The fraction of sp³-hybridized carbons (Fsp3) is 0.222. The maximum atomic E-state index is 3.77. The van der Waals surface area contributed by atoms with Gasteiger partial charge in [0.2, 0.25) is 0 Å². The van der Waals surface area contributed by atoms with E-state index in [1.807, 2.05) is 36.2 Å². The number of benzene rings is 1. The Morgan fingerprint density at radius 2 is 0.634 bits per heavy atom. The van der Waals surface area contributed by atoms with Crippen molar-refractivity contribution in [2.24, 2.45) is 0 Å². The number of rotatable bonds is 2. The molecule has 41 heavy (non-hydrogen) atoms. The largest absolute Gasteiger partial charge is 2.00 e. The molecular weight excluding hydrogens is 5820 g/mol. The molecule has 0 radical (unpaired) electrons. The van der Waals surface area contributed by atoms with Gasteiger partial charge in [-0.25, -0.2) is 0 Å². The summed E-state index contributed by atoms with van der Waals surface area (Å²) in [6.07, 6.45) is 0. The molecule has 0 aliphatic heterocycles. The van der Waals surface area contributed by atoms with Crippen LogP contribution in [-0.4, -0.2) is 13.6 Å². The Balaban J connectivity index is -0.00000000111. The van der Waals surface area contributed by atoms with Crippen molar-refractivity contribution in [3.63, 3.8) is 0 Å². The van der Waals surface area contributed by atoms with Gasteiger partial charge < -0.3 is 11.8 Å². The maximum absolute atomic E-state index is 3.77. The molecule has 0 aliphatic carbocycles. The van der Waals surface area contributed by atoms with Gasteiger partial charge in [-0.05, 0) is 0 Å². The van der Waals surface area contributed by atoms with Gasteiger partial charge in [-0.15, -0.1) is 12.6 Å². The molecule has 1 rings (SSSR count). The predicted octanol–water partition coefficient (Wildman–Crippen LogP) is 1.68. The number of hydrogen-bond donors (Lipinski definition) is 0. The van der Waals surface area contributed by atoms with Gasteiger partial charge in [0.15, 0.2) is 0 Å². The molecule has 1 aromatic carbocycles. The maximum Gasteiger partial charge on any atom is 2.00 e. The van der Waals surface area contributed by atoms with Crippen LogP contribution < -0.4 is 4.90 Å². The topological polar surface area (TPSA) is 3.24 Å². The average Bonchev–Trinajstić information content (AvgIpc) is 2.05. The van der Waals surface area contributed by atoms with Crippen molar-refractivity contribution in [2.75, 3.05) is 18.5 Å². The molecule has 0 atom stereocenters. The molecule has 0 fully saturated rings. The summed E-state index contributed by atoms with van der Waals surface area (Å²) in [6.45, 7) is 4.55. The van der Waals surface area contributed by atoms with E-state index in [4.69, 9.17) is 0 Å². The van der Waals surface area contributed by atoms with Gasteiger partial charge in [-0.2, -0.15) is 24.3 Å². The van der Waals surface area contributed by atoms with E-state index in [1.54, 1.807) is 0 Å². The fourth-order valence-electron chi connectivity index (χ4n) is 0.742. The van der Waals surface area contributed by atoms with Crippen LogP contribution in [0.15, 0.2) is 24.3 Å². The van der Waals surface area contributed by atoms with Crippen LogP contribution in [-0.2, 0) is 653 Å². The zero-order valence-corrected chi connectivity index (χ0v) is 110. The molecule has 0 unspecified atom stereocenters. The van der Waals surface area contributed by atoms with Gasteiger partial charge in [0.05, 0.1) is 0 Å². The van der Waals surface area contributed by atoms with Crippen LogP contribution in [0.4, 0.5) is 5.69 Å². The van der Waals surface area contributed by atoms with Crippen LogP contribution in [0.2, 0.25) is 0 Å². The third-order valence-electron chi connectivity index (χ3n) is 1.44. The Kier molecular flexibility index (Phi) is 1200. The summed E-state index contributed by atoms with van der Waals surface area (Å²) in [5, 5.41) is 0. The summed E-state index contributed by atoms with van der Waals surface area (Å²) in [7, 11) is 2.00. The zero-order valence-electron chi connectivity index (χ0n) is 18.8. The molecular formula is C9H11NW31. The van der Waals surface area contributed by atoms with Gasteiger partial charge in [0.1, 0.15) is 0 Å². The van der Waals surface area contributed by atoms with E-state index in [1.165, 1.54) is 0 Å². The summed E-state index contributed by atoms with van der Waals surface area (Å²) < 4.78 is 0. The van der Waals surface area contributed by atoms with Gasteiger partial charge >= 0.3 is 21.1 Å². The van der Waals surface area contributed by atoms with Crippen molar-refractivity contribution in [1.82, 2.24) is 0 Å². The molecule has 0 N–H and O–H groups in total. The summed E-state index contributed by atoms with van der Waals surface area (Å²) in [5.41, 5.74) is 1.09. The van der Waals surface area contributed by atoms with Gasteiger partial charge in [-0.1, -0.05) is 5.69 Å². The number of hydrogen-bond acceptors (Lipinski definition) is 1. The Labute approximate surface area is 694 Å². The smallest absolute Gasteiger partial charge is 0.426 e. The van der Waals surface area contributed by atoms with Crippen molar-refractivity contribution in [3.05, 3.63) is 37.3 Å². The van der Waals surface area contributed by atoms with Crippen molar-refractivity contribution in [3.8, 4) is 0 Å². The van der Waals surface area contributed by atoms with Crippen LogP contribution >= 0.6 is 0 Å². The molecule has 0 heterocycles. The number of nitrogens with zero attached hydrogens (tertiary/aromatic N) is 1. The molecule has 0 amide bonds. The van der Waals surface area contributed by atoms with E-state index in [9.17, 15) is 0 Å². The predicted molar refractivity (Wildman–Crippen MR) is 43.9 cm³/mol. The molecule has 0 aromatic heterocycles. The normalized spacial score (nSPS) is 2.29. The first-order chi connectivity index (χ1) is 4.84. The Bertz CT molecular complexity index is 214. The minimum Gasteiger partial charge on any atom is -0.426 e. The molecule has 0 bridgehead atoms. The Hall–Kier alpha value is 20.4. The summed E-state index contributed by atoms with van der Waals surface area (Å²) in [5.74, 6) is 0. The average molecular weight is 5830 g/mol. The summed E-state index contributed by atoms with van der Waals surface area (Å²) in [6, 6.07) is 11.0. The van der Waals surface area contributed by atoms with Gasteiger partial charge in [0, 0.05) is 639 Å². The van der Waals surface area contributed by atoms with Crippen molar-refractivity contribution in [2.45, 2.75) is 0 Å². The van der Waals surface area contributed by atoms with Crippen LogP contribution in [0, 0.1) is 13.0 Å². The van der Waals surface area contributed by atoms with Crippen LogP contribution in [0.5, 0.6) is 0 Å². The standard InChI is InChI=1S/C9H11N.31W/c1-3-10(2)9-7-5-4-6-8-9;;;;;;;;;;;;;;;;;;;;;;;;;;;;;;;/h4-7H,1,3H2,2H3;;;;;;;;;;;;;;;;;;;;;;;;;;;;;;;/q-2;;;;;;;;;;;;;;;;;;;;;;;;;;;;;;;+2. The van der Waals surface area contributed by atoms with E-state index in [-0.39, 0.29) is 653 Å². The third kappa shape index (κ3) is 174. The molecule has 238 valence electrons. The van der Waals surface area contributed by atoms with E-state index in [0.29, 0.717) is 0 Å². The van der Waals surface area contributed by atoms with Crippen LogP contribution in [0.25, 0.3) is 0 Å². The van der Waals surface area contributed by atoms with E-state index < -0.39 is 0 Å². The Morgan fingerprint density at radius 3 is 0.756 bits per heavy atom. The van der Waals surface area contributed by atoms with Crippen molar-refractivity contribution >= 4 is 5.69 Å². The van der Waals surface area contributed by atoms with E-state index >= 15 is 0 Å². The minimum absolute atomic E-state index is 0. The van der Waals surface area contributed by atoms with Gasteiger partial charge in [-0.3, -0.25) is 0 Å². The summed E-state index contributed by atoms with van der Waals surface area (Å²) in [4.78, 5) is 2.04. The first-order valence-corrected chi connectivity index (χ1v) is 3.31. The molecule has 0 spiro atoms. The quantitative estimate of drug-likeness (QED) is 0.409. The zero-order chi connectivity index (χ0) is 7.40.